The number of carbonyl (C=O) groups excluding carboxylic acids is 4. The lowest BCUT2D eigenvalue weighted by Crippen LogP contribution is -2.39. The lowest BCUT2D eigenvalue weighted by molar-refractivity contribution is -0.145. The van der Waals surface area contributed by atoms with Gasteiger partial charge >= 0.3 is 17.9 Å². The number of carbonyl (C=O) groups is 7. The molecule has 0 rings (SSSR count). The van der Waals surface area contributed by atoms with E-state index < -0.39 is 30.5 Å². The number of nitrogens with one attached hydrogen (secondary N) is 4. The van der Waals surface area contributed by atoms with Crippen molar-refractivity contribution in [1.82, 2.24) is 25.9 Å². The Hall–Kier alpha value is -3.48. The van der Waals surface area contributed by atoms with Crippen molar-refractivity contribution in [2.75, 3.05) is 85.6 Å². The molecule has 19 nitrogen and oxygen atoms in total. The molecule has 0 saturated carbocycles. The molecule has 4 amide bonds. The van der Waals surface area contributed by atoms with Crippen molar-refractivity contribution >= 4 is 50.9 Å². The molecule has 0 aliphatic heterocycles. The van der Waals surface area contributed by atoms with Crippen molar-refractivity contribution < 1.29 is 67.8 Å². The molecule has 0 aromatic rings. The van der Waals surface area contributed by atoms with Gasteiger partial charge < -0.3 is 55.1 Å². The molecule has 0 heterocycles. The van der Waals surface area contributed by atoms with Gasteiger partial charge in [0.05, 0.1) is 39.6 Å². The number of hydrogen-bond acceptors (Lipinski definition) is 12. The second-order valence-corrected chi connectivity index (χ2v) is 14.4. The fraction of sp³-hybridized carbons (Fsp3) is 0.821. The van der Waals surface area contributed by atoms with E-state index in [4.69, 9.17) is 29.2 Å². The van der Waals surface area contributed by atoms with E-state index in [1.165, 1.54) is 17.7 Å². The summed E-state index contributed by atoms with van der Waals surface area (Å²) in [6, 6.07) is -0.632. The molecule has 0 aliphatic rings. The summed E-state index contributed by atoms with van der Waals surface area (Å²) in [5.41, 5.74) is 0. The van der Waals surface area contributed by atoms with Crippen LogP contribution in [0.25, 0.3) is 0 Å². The van der Waals surface area contributed by atoms with Gasteiger partial charge in [0, 0.05) is 45.4 Å². The van der Waals surface area contributed by atoms with E-state index in [-0.39, 0.29) is 115 Å². The number of hydrogen-bond donors (Lipinski definition) is 7. The SMILES string of the molecule is O=C(O)CCCCCCCCCCCCCCC(=O)N(CCC(=O)NCCOCCOCC(=O)NCCOCCOCC(=O)NCCCC[C@H](NP)C(=O)O)CC(=O)O. The maximum absolute atomic E-state index is 12.7. The summed E-state index contributed by atoms with van der Waals surface area (Å²) in [4.78, 5) is 82.6. The fourth-order valence-corrected chi connectivity index (χ4v) is 5.94. The zero-order chi connectivity index (χ0) is 43.8. The summed E-state index contributed by atoms with van der Waals surface area (Å²) in [6.45, 7) is 1.43. The highest BCUT2D eigenvalue weighted by Crippen LogP contribution is 2.13. The Morgan fingerprint density at radius 3 is 1.42 bits per heavy atom. The van der Waals surface area contributed by atoms with Crippen molar-refractivity contribution in [3.05, 3.63) is 0 Å². The lowest BCUT2D eigenvalue weighted by atomic mass is 10.0. The van der Waals surface area contributed by atoms with Gasteiger partial charge in [-0.2, -0.15) is 0 Å². The molecule has 0 aliphatic carbocycles. The normalized spacial score (nSPS) is 11.5. The highest BCUT2D eigenvalue weighted by molar-refractivity contribution is 7.13. The highest BCUT2D eigenvalue weighted by atomic mass is 31.0. The third kappa shape index (κ3) is 38.5. The Balaban J connectivity index is 3.74. The van der Waals surface area contributed by atoms with Gasteiger partial charge in [0.2, 0.25) is 23.6 Å². The topological polar surface area (TPSA) is 268 Å². The Labute approximate surface area is 351 Å². The largest absolute Gasteiger partial charge is 0.481 e. The molecule has 0 aromatic heterocycles. The van der Waals surface area contributed by atoms with Crippen LogP contribution in [0.1, 0.15) is 116 Å². The van der Waals surface area contributed by atoms with Gasteiger partial charge in [0.1, 0.15) is 25.8 Å². The summed E-state index contributed by atoms with van der Waals surface area (Å²) in [5, 5.41) is 37.5. The zero-order valence-corrected chi connectivity index (χ0v) is 36.0. The second-order valence-electron chi connectivity index (χ2n) is 14.0. The first-order valence-corrected chi connectivity index (χ1v) is 21.5. The maximum Gasteiger partial charge on any atom is 0.323 e. The van der Waals surface area contributed by atoms with Crippen LogP contribution in [0.4, 0.5) is 0 Å². The van der Waals surface area contributed by atoms with E-state index in [0.717, 1.165) is 57.8 Å². The van der Waals surface area contributed by atoms with Crippen molar-refractivity contribution in [1.29, 1.82) is 0 Å². The molecule has 1 unspecified atom stereocenters. The monoisotopic (exact) mass is 865 g/mol. The van der Waals surface area contributed by atoms with E-state index >= 15 is 0 Å². The first-order chi connectivity index (χ1) is 28.5. The third-order valence-corrected chi connectivity index (χ3v) is 9.31. The van der Waals surface area contributed by atoms with Gasteiger partial charge in [-0.1, -0.05) is 73.6 Å². The zero-order valence-electron chi connectivity index (χ0n) is 34.9. The Bertz CT molecular complexity index is 1170. The van der Waals surface area contributed by atoms with E-state index in [2.05, 4.69) is 30.4 Å². The van der Waals surface area contributed by atoms with Gasteiger partial charge in [-0.05, 0) is 32.1 Å². The van der Waals surface area contributed by atoms with Crippen molar-refractivity contribution in [2.45, 2.75) is 122 Å². The quantitative estimate of drug-likeness (QED) is 0.0342. The van der Waals surface area contributed by atoms with Crippen LogP contribution in [0.3, 0.4) is 0 Å². The van der Waals surface area contributed by atoms with E-state index in [9.17, 15) is 38.7 Å². The standard InChI is InChI=1S/C39H72N5O14P/c45-33(18-22-44(29-38(51)52)36(48)16-11-9-7-5-3-1-2-4-6-8-10-12-17-37(49)50)41-20-23-55-25-28-58-31-35(47)42-21-24-56-26-27-57-30-34(46)40-19-14-13-15-32(43-59)39(53)54/h32,43H,1-31,59H2,(H,40,46)(H,41,45)(H,42,47)(H,49,50)(H,51,52)(H,53,54)/t32-/m0/s1. The summed E-state index contributed by atoms with van der Waals surface area (Å²) < 4.78 is 21.3. The average molecular weight is 866 g/mol. The minimum Gasteiger partial charge on any atom is -0.481 e. The molecular formula is C39H72N5O14P. The number of carboxylic acid groups (broad SMARTS) is 3. The highest BCUT2D eigenvalue weighted by Gasteiger charge is 2.18. The van der Waals surface area contributed by atoms with Crippen LogP contribution in [0.2, 0.25) is 0 Å². The van der Waals surface area contributed by atoms with E-state index in [1.54, 1.807) is 0 Å². The first-order valence-electron chi connectivity index (χ1n) is 21.0. The van der Waals surface area contributed by atoms with E-state index in [1.807, 2.05) is 0 Å². The third-order valence-electron chi connectivity index (χ3n) is 8.91. The molecule has 20 heteroatoms. The average Bonchev–Trinajstić information content (AvgIpc) is 3.19. The number of unbranched alkanes of at least 4 members (excludes halogenated alkanes) is 12. The van der Waals surface area contributed by atoms with Crippen LogP contribution in [0.5, 0.6) is 0 Å². The van der Waals surface area contributed by atoms with Crippen LogP contribution in [-0.4, -0.2) is 153 Å². The molecule has 0 bridgehead atoms. The molecule has 2 atom stereocenters. The molecule has 0 aromatic carbocycles. The van der Waals surface area contributed by atoms with Crippen LogP contribution < -0.4 is 21.0 Å². The summed E-state index contributed by atoms with van der Waals surface area (Å²) >= 11 is 0. The molecule has 342 valence electrons. The lowest BCUT2D eigenvalue weighted by Gasteiger charge is -2.20. The molecule has 7 N–H and O–H groups in total. The Morgan fingerprint density at radius 1 is 0.492 bits per heavy atom. The minimum absolute atomic E-state index is 0.00759. The fourth-order valence-electron chi connectivity index (χ4n) is 5.63. The number of amides is 4. The number of aliphatic carboxylic acids is 3. The van der Waals surface area contributed by atoms with Crippen LogP contribution >= 0.6 is 9.39 Å². The first kappa shape index (κ1) is 55.5. The number of carboxylic acids is 3. The summed E-state index contributed by atoms with van der Waals surface area (Å²) in [6.07, 6.45) is 14.4. The van der Waals surface area contributed by atoms with Gasteiger partial charge in [0.25, 0.3) is 0 Å². The predicted octanol–water partition coefficient (Wildman–Crippen LogP) is 2.25. The van der Waals surface area contributed by atoms with Gasteiger partial charge in [0.15, 0.2) is 0 Å². The smallest absolute Gasteiger partial charge is 0.323 e. The molecule has 0 radical (unpaired) electrons. The molecular weight excluding hydrogens is 793 g/mol. The Kier molecular flexibility index (Phi) is 37.6. The van der Waals surface area contributed by atoms with Gasteiger partial charge in [-0.25, -0.2) is 0 Å². The maximum atomic E-state index is 12.7. The minimum atomic E-state index is -1.14. The van der Waals surface area contributed by atoms with Gasteiger partial charge in [-0.15, -0.1) is 0 Å². The summed E-state index contributed by atoms with van der Waals surface area (Å²) in [5.74, 6) is -4.00. The number of nitrogens with zero attached hydrogens (tertiary/aromatic N) is 1. The number of rotatable bonds is 43. The van der Waals surface area contributed by atoms with Crippen LogP contribution in [0.15, 0.2) is 0 Å². The van der Waals surface area contributed by atoms with Crippen molar-refractivity contribution in [3.63, 3.8) is 0 Å². The molecule has 0 saturated heterocycles. The van der Waals surface area contributed by atoms with E-state index in [0.29, 0.717) is 32.2 Å². The predicted molar refractivity (Wildman–Crippen MR) is 222 cm³/mol. The van der Waals surface area contributed by atoms with Crippen molar-refractivity contribution in [3.8, 4) is 0 Å². The van der Waals surface area contributed by atoms with Crippen molar-refractivity contribution in [2.24, 2.45) is 0 Å². The molecule has 0 fully saturated rings. The molecule has 0 spiro atoms. The van der Waals surface area contributed by atoms with Crippen LogP contribution in [-0.2, 0) is 52.5 Å². The number of ether oxygens (including phenoxy) is 4. The van der Waals surface area contributed by atoms with Gasteiger partial charge in [-0.3, -0.25) is 38.6 Å². The summed E-state index contributed by atoms with van der Waals surface area (Å²) in [7, 11) is 2.19. The Morgan fingerprint density at radius 2 is 0.949 bits per heavy atom. The van der Waals surface area contributed by atoms with Crippen LogP contribution in [0, 0.1) is 0 Å². The second kappa shape index (κ2) is 40.0. The molecule has 59 heavy (non-hydrogen) atoms.